The molecule has 0 saturated carbocycles. The average molecular weight is 398 g/mol. The summed E-state index contributed by atoms with van der Waals surface area (Å²) >= 11 is 0. The molecule has 1 aliphatic rings. The van der Waals surface area contributed by atoms with Gasteiger partial charge in [0.1, 0.15) is 5.82 Å². The number of hydrogen-bond donors (Lipinski definition) is 0. The highest BCUT2D eigenvalue weighted by Crippen LogP contribution is 2.48. The molecule has 152 valence electrons. The molecular weight excluding hydrogens is 369 g/mol. The summed E-state index contributed by atoms with van der Waals surface area (Å²) in [6.45, 7) is 4.67. The first-order chi connectivity index (χ1) is 14.3. The van der Waals surface area contributed by atoms with Crippen molar-refractivity contribution in [2.24, 2.45) is 5.41 Å². The molecule has 1 atom stereocenters. The van der Waals surface area contributed by atoms with Crippen LogP contribution in [0.3, 0.4) is 0 Å². The molecule has 0 heterocycles. The zero-order valence-corrected chi connectivity index (χ0v) is 18.2. The van der Waals surface area contributed by atoms with Crippen molar-refractivity contribution in [2.75, 3.05) is 19.0 Å². The summed E-state index contributed by atoms with van der Waals surface area (Å²) in [7, 11) is 3.94. The fraction of sp³-hybridized carbons (Fsp3) is 0.286. The lowest BCUT2D eigenvalue weighted by Crippen LogP contribution is -2.31. The van der Waals surface area contributed by atoms with Gasteiger partial charge in [0.25, 0.3) is 0 Å². The predicted octanol–water partition coefficient (Wildman–Crippen LogP) is 7.11. The Morgan fingerprint density at radius 3 is 2.43 bits per heavy atom. The number of rotatable bonds is 2. The molecular formula is C28H28FN. The maximum absolute atomic E-state index is 14.4. The van der Waals surface area contributed by atoms with Crippen molar-refractivity contribution in [3.63, 3.8) is 0 Å². The van der Waals surface area contributed by atoms with Gasteiger partial charge in [0.05, 0.1) is 0 Å². The third kappa shape index (κ3) is 3.06. The van der Waals surface area contributed by atoms with Gasteiger partial charge in [0.2, 0.25) is 0 Å². The molecule has 30 heavy (non-hydrogen) atoms. The summed E-state index contributed by atoms with van der Waals surface area (Å²) in [6.07, 6.45) is 1.94. The highest BCUT2D eigenvalue weighted by Gasteiger charge is 2.37. The van der Waals surface area contributed by atoms with E-state index in [-0.39, 0.29) is 17.2 Å². The van der Waals surface area contributed by atoms with E-state index in [2.05, 4.69) is 68.4 Å². The van der Waals surface area contributed by atoms with Crippen molar-refractivity contribution in [1.29, 1.82) is 0 Å². The van der Waals surface area contributed by atoms with E-state index in [1.165, 1.54) is 32.7 Å². The molecule has 2 heteroatoms. The SMILES string of the molecule is CN(C)c1cc(F)cc(C2Cc3ccc4c(ccc5ccccc54)c3CC2(C)C)c1. The van der Waals surface area contributed by atoms with Crippen LogP contribution in [0.4, 0.5) is 10.1 Å². The van der Waals surface area contributed by atoms with E-state index in [4.69, 9.17) is 0 Å². The van der Waals surface area contributed by atoms with E-state index in [9.17, 15) is 4.39 Å². The van der Waals surface area contributed by atoms with Gasteiger partial charge in [-0.25, -0.2) is 4.39 Å². The van der Waals surface area contributed by atoms with Crippen molar-refractivity contribution < 1.29 is 4.39 Å². The second-order valence-corrected chi connectivity index (χ2v) is 9.64. The van der Waals surface area contributed by atoms with E-state index in [0.29, 0.717) is 0 Å². The minimum atomic E-state index is -0.150. The third-order valence-corrected chi connectivity index (χ3v) is 6.96. The van der Waals surface area contributed by atoms with E-state index >= 15 is 0 Å². The number of halogens is 1. The Balaban J connectivity index is 1.65. The lowest BCUT2D eigenvalue weighted by atomic mass is 9.63. The van der Waals surface area contributed by atoms with Gasteiger partial charge in [0.15, 0.2) is 0 Å². The van der Waals surface area contributed by atoms with Gasteiger partial charge in [-0.3, -0.25) is 0 Å². The Bertz CT molecular complexity index is 1270. The van der Waals surface area contributed by atoms with Crippen LogP contribution in [0.15, 0.2) is 66.7 Å². The number of benzene rings is 4. The van der Waals surface area contributed by atoms with Crippen LogP contribution < -0.4 is 4.90 Å². The lowest BCUT2D eigenvalue weighted by Gasteiger charge is -2.41. The first-order valence-electron chi connectivity index (χ1n) is 10.7. The third-order valence-electron chi connectivity index (χ3n) is 6.96. The van der Waals surface area contributed by atoms with Gasteiger partial charge < -0.3 is 4.90 Å². The van der Waals surface area contributed by atoms with Crippen LogP contribution in [0.5, 0.6) is 0 Å². The minimum Gasteiger partial charge on any atom is -0.378 e. The maximum atomic E-state index is 14.4. The smallest absolute Gasteiger partial charge is 0.125 e. The summed E-state index contributed by atoms with van der Waals surface area (Å²) in [5.74, 6) is 0.139. The highest BCUT2D eigenvalue weighted by atomic mass is 19.1. The molecule has 0 aromatic heterocycles. The minimum absolute atomic E-state index is 0.0459. The Labute approximate surface area is 178 Å². The quantitative estimate of drug-likeness (QED) is 0.326. The number of nitrogens with zero attached hydrogens (tertiary/aromatic N) is 1. The van der Waals surface area contributed by atoms with Crippen molar-refractivity contribution in [2.45, 2.75) is 32.6 Å². The standard InChI is InChI=1S/C28H28FN/c1-28(2)17-26-19(15-27(28)20-13-21(29)16-22(14-20)30(3)4)10-12-24-23-8-6-5-7-18(23)9-11-25(24)26/h5-14,16,27H,15,17H2,1-4H3. The van der Waals surface area contributed by atoms with Crippen LogP contribution in [0, 0.1) is 11.2 Å². The fourth-order valence-electron chi connectivity index (χ4n) is 5.30. The molecule has 5 rings (SSSR count). The van der Waals surface area contributed by atoms with Gasteiger partial charge >= 0.3 is 0 Å². The molecule has 0 fully saturated rings. The zero-order valence-electron chi connectivity index (χ0n) is 18.2. The molecule has 1 nitrogen and oxygen atoms in total. The van der Waals surface area contributed by atoms with E-state index in [1.54, 1.807) is 12.1 Å². The summed E-state index contributed by atoms with van der Waals surface area (Å²) < 4.78 is 14.4. The molecule has 0 N–H and O–H groups in total. The molecule has 1 aliphatic carbocycles. The largest absolute Gasteiger partial charge is 0.378 e. The van der Waals surface area contributed by atoms with Crippen LogP contribution in [0.1, 0.15) is 36.5 Å². The van der Waals surface area contributed by atoms with Crippen molar-refractivity contribution in [3.8, 4) is 0 Å². The van der Waals surface area contributed by atoms with Crippen molar-refractivity contribution >= 4 is 27.2 Å². The van der Waals surface area contributed by atoms with Gasteiger partial charge in [0, 0.05) is 19.8 Å². The molecule has 1 unspecified atom stereocenters. The van der Waals surface area contributed by atoms with Gasteiger partial charge in [-0.05, 0) is 80.6 Å². The number of fused-ring (bicyclic) bond motifs is 5. The molecule has 4 aromatic carbocycles. The van der Waals surface area contributed by atoms with E-state index < -0.39 is 0 Å². The highest BCUT2D eigenvalue weighted by molar-refractivity contribution is 6.08. The van der Waals surface area contributed by atoms with Crippen molar-refractivity contribution in [1.82, 2.24) is 0 Å². The van der Waals surface area contributed by atoms with Gasteiger partial charge in [-0.2, -0.15) is 0 Å². The number of anilines is 1. The first-order valence-corrected chi connectivity index (χ1v) is 10.7. The summed E-state index contributed by atoms with van der Waals surface area (Å²) in [5, 5.41) is 5.31. The summed E-state index contributed by atoms with van der Waals surface area (Å²) in [5.41, 5.74) is 4.94. The van der Waals surface area contributed by atoms with E-state index in [0.717, 1.165) is 24.1 Å². The van der Waals surface area contributed by atoms with Crippen LogP contribution in [0.2, 0.25) is 0 Å². The molecule has 0 aliphatic heterocycles. The lowest BCUT2D eigenvalue weighted by molar-refractivity contribution is 0.264. The maximum Gasteiger partial charge on any atom is 0.125 e. The summed E-state index contributed by atoms with van der Waals surface area (Å²) in [6, 6.07) is 23.2. The Kier molecular flexibility index (Phi) is 4.36. The second kappa shape index (κ2) is 6.84. The molecule has 0 amide bonds. The topological polar surface area (TPSA) is 3.24 Å². The van der Waals surface area contributed by atoms with Gasteiger partial charge in [-0.1, -0.05) is 62.4 Å². The molecule has 0 saturated heterocycles. The van der Waals surface area contributed by atoms with Crippen LogP contribution in [-0.2, 0) is 12.8 Å². The molecule has 0 radical (unpaired) electrons. The van der Waals surface area contributed by atoms with Crippen molar-refractivity contribution in [3.05, 3.63) is 89.2 Å². The summed E-state index contributed by atoms with van der Waals surface area (Å²) in [4.78, 5) is 1.98. The zero-order chi connectivity index (χ0) is 21.0. The van der Waals surface area contributed by atoms with Gasteiger partial charge in [-0.15, -0.1) is 0 Å². The first kappa shape index (κ1) is 19.1. The molecule has 0 spiro atoms. The van der Waals surface area contributed by atoms with Crippen LogP contribution in [-0.4, -0.2) is 14.1 Å². The van der Waals surface area contributed by atoms with Crippen LogP contribution in [0.25, 0.3) is 21.5 Å². The molecule has 0 bridgehead atoms. The average Bonchev–Trinajstić information content (AvgIpc) is 2.71. The predicted molar refractivity (Wildman–Crippen MR) is 126 cm³/mol. The van der Waals surface area contributed by atoms with Crippen LogP contribution >= 0.6 is 0 Å². The Morgan fingerprint density at radius 1 is 0.867 bits per heavy atom. The fourth-order valence-corrected chi connectivity index (χ4v) is 5.30. The Hall–Kier alpha value is -2.87. The molecule has 4 aromatic rings. The van der Waals surface area contributed by atoms with E-state index in [1.807, 2.05) is 19.0 Å². The normalized spacial score (nSPS) is 17.8. The Morgan fingerprint density at radius 2 is 1.63 bits per heavy atom. The monoisotopic (exact) mass is 397 g/mol. The number of hydrogen-bond acceptors (Lipinski definition) is 1. The second-order valence-electron chi connectivity index (χ2n) is 9.64.